The third-order valence-corrected chi connectivity index (χ3v) is 6.02. The quantitative estimate of drug-likeness (QED) is 0.426. The molecule has 4 N–H and O–H groups in total. The van der Waals surface area contributed by atoms with Gasteiger partial charge in [0.1, 0.15) is 6.10 Å². The predicted molar refractivity (Wildman–Crippen MR) is 117 cm³/mol. The number of fused-ring (bicyclic) bond motifs is 1. The summed E-state index contributed by atoms with van der Waals surface area (Å²) < 4.78 is 1.68. The smallest absolute Gasteiger partial charge is 0.226 e. The van der Waals surface area contributed by atoms with Crippen molar-refractivity contribution in [1.82, 2.24) is 24.8 Å². The molecule has 9 nitrogen and oxygen atoms in total. The molecule has 2 aromatic heterocycles. The molecule has 2 heterocycles. The number of hydrogen-bond donors (Lipinski definition) is 4. The predicted octanol–water partition coefficient (Wildman–Crippen LogP) is 2.16. The topological polar surface area (TPSA) is 125 Å². The number of aromatic nitrogens is 4. The molecule has 0 saturated heterocycles. The fraction of sp³-hybridized carbons (Fsp3) is 0.400. The average Bonchev–Trinajstić information content (AvgIpc) is 3.17. The van der Waals surface area contributed by atoms with Crippen molar-refractivity contribution in [3.63, 3.8) is 0 Å². The summed E-state index contributed by atoms with van der Waals surface area (Å²) in [7, 11) is 1.51. The minimum Gasteiger partial charge on any atom is -0.390 e. The summed E-state index contributed by atoms with van der Waals surface area (Å²) >= 11 is 12.2. The maximum atomic E-state index is 12.0. The van der Waals surface area contributed by atoms with E-state index >= 15 is 0 Å². The number of carbonyl (C=O) groups excluding carboxylic acids is 1. The summed E-state index contributed by atoms with van der Waals surface area (Å²) in [5.41, 5.74) is 1.88. The number of carbonyl (C=O) groups is 1. The molecule has 1 amide bonds. The lowest BCUT2D eigenvalue weighted by Gasteiger charge is -2.37. The van der Waals surface area contributed by atoms with Gasteiger partial charge in [0.05, 0.1) is 24.4 Å². The van der Waals surface area contributed by atoms with Crippen LogP contribution in [0, 0.1) is 5.92 Å². The lowest BCUT2D eigenvalue weighted by Crippen LogP contribution is -2.49. The second-order valence-corrected chi connectivity index (χ2v) is 8.27. The zero-order valence-corrected chi connectivity index (χ0v) is 18.2. The molecule has 164 valence electrons. The Morgan fingerprint density at radius 3 is 2.77 bits per heavy atom. The Morgan fingerprint density at radius 2 is 2.03 bits per heavy atom. The van der Waals surface area contributed by atoms with Crippen molar-refractivity contribution in [1.29, 1.82) is 0 Å². The van der Waals surface area contributed by atoms with E-state index in [0.717, 1.165) is 5.56 Å². The standard InChI is InChI=1S/C20H22Cl2N6O3/c1-23-19(31)12-5-6-13(16(30)15(12)29)28-9-25-14-17(26-20(22)27-18(14)28)24-8-10-3-2-4-11(21)7-10/h2-4,7,9,12-13,15-16,29-30H,5-6,8H2,1H3,(H,23,31)(H,24,26,27). The van der Waals surface area contributed by atoms with E-state index in [-0.39, 0.29) is 11.2 Å². The number of hydrogen-bond acceptors (Lipinski definition) is 7. The first-order valence-corrected chi connectivity index (χ1v) is 10.6. The number of aliphatic hydroxyl groups is 2. The van der Waals surface area contributed by atoms with E-state index in [1.807, 2.05) is 18.2 Å². The van der Waals surface area contributed by atoms with Crippen LogP contribution in [0.2, 0.25) is 10.3 Å². The molecule has 0 aliphatic heterocycles. The highest BCUT2D eigenvalue weighted by atomic mass is 35.5. The molecule has 1 aliphatic rings. The van der Waals surface area contributed by atoms with E-state index in [1.165, 1.54) is 7.05 Å². The molecule has 0 bridgehead atoms. The third-order valence-electron chi connectivity index (χ3n) is 5.61. The van der Waals surface area contributed by atoms with E-state index in [4.69, 9.17) is 23.2 Å². The highest BCUT2D eigenvalue weighted by Gasteiger charge is 2.42. The normalized spacial score (nSPS) is 23.6. The van der Waals surface area contributed by atoms with Crippen LogP contribution in [0.3, 0.4) is 0 Å². The van der Waals surface area contributed by atoms with Gasteiger partial charge in [-0.1, -0.05) is 23.7 Å². The molecule has 4 atom stereocenters. The molecule has 1 aliphatic carbocycles. The van der Waals surface area contributed by atoms with Crippen LogP contribution in [0.15, 0.2) is 30.6 Å². The molecule has 31 heavy (non-hydrogen) atoms. The van der Waals surface area contributed by atoms with Crippen LogP contribution in [-0.2, 0) is 11.3 Å². The molecule has 0 radical (unpaired) electrons. The molecular formula is C20H22Cl2N6O3. The molecule has 1 saturated carbocycles. The minimum absolute atomic E-state index is 0.0249. The van der Waals surface area contributed by atoms with E-state index in [9.17, 15) is 15.0 Å². The zero-order chi connectivity index (χ0) is 22.1. The molecular weight excluding hydrogens is 443 g/mol. The first-order valence-electron chi connectivity index (χ1n) is 9.85. The molecule has 3 aromatic rings. The molecule has 0 spiro atoms. The van der Waals surface area contributed by atoms with Crippen LogP contribution < -0.4 is 10.6 Å². The fourth-order valence-electron chi connectivity index (χ4n) is 4.02. The molecule has 4 rings (SSSR count). The summed E-state index contributed by atoms with van der Waals surface area (Å²) in [6, 6.07) is 6.92. The summed E-state index contributed by atoms with van der Waals surface area (Å²) in [5.74, 6) is -0.514. The van der Waals surface area contributed by atoms with E-state index in [2.05, 4.69) is 25.6 Å². The summed E-state index contributed by atoms with van der Waals surface area (Å²) in [5, 5.41) is 27.6. The zero-order valence-electron chi connectivity index (χ0n) is 16.7. The van der Waals surface area contributed by atoms with Crippen molar-refractivity contribution < 1.29 is 15.0 Å². The third kappa shape index (κ3) is 4.31. The van der Waals surface area contributed by atoms with Gasteiger partial charge in [0.25, 0.3) is 0 Å². The van der Waals surface area contributed by atoms with Crippen molar-refractivity contribution in [2.24, 2.45) is 5.92 Å². The Bertz CT molecular complexity index is 1110. The van der Waals surface area contributed by atoms with Crippen LogP contribution in [0.1, 0.15) is 24.4 Å². The molecule has 11 heteroatoms. The second-order valence-electron chi connectivity index (χ2n) is 7.50. The van der Waals surface area contributed by atoms with Gasteiger partial charge in [-0.25, -0.2) is 4.98 Å². The molecule has 4 unspecified atom stereocenters. The van der Waals surface area contributed by atoms with Crippen LogP contribution in [-0.4, -0.2) is 54.9 Å². The number of rotatable bonds is 5. The Hall–Kier alpha value is -2.46. The van der Waals surface area contributed by atoms with Crippen LogP contribution in [0.5, 0.6) is 0 Å². The monoisotopic (exact) mass is 464 g/mol. The van der Waals surface area contributed by atoms with Crippen LogP contribution in [0.4, 0.5) is 5.82 Å². The summed E-state index contributed by atoms with van der Waals surface area (Å²) in [4.78, 5) is 24.9. The molecule has 1 aromatic carbocycles. The van der Waals surface area contributed by atoms with Gasteiger partial charge in [0.15, 0.2) is 17.0 Å². The lowest BCUT2D eigenvalue weighted by atomic mass is 9.80. The fourth-order valence-corrected chi connectivity index (χ4v) is 4.40. The highest BCUT2D eigenvalue weighted by Crippen LogP contribution is 2.35. The van der Waals surface area contributed by atoms with Gasteiger partial charge < -0.3 is 25.4 Å². The van der Waals surface area contributed by atoms with E-state index in [1.54, 1.807) is 17.0 Å². The number of nitrogens with zero attached hydrogens (tertiary/aromatic N) is 4. The number of aliphatic hydroxyl groups excluding tert-OH is 2. The maximum Gasteiger partial charge on any atom is 0.226 e. The largest absolute Gasteiger partial charge is 0.390 e. The van der Waals surface area contributed by atoms with Gasteiger partial charge in [-0.05, 0) is 42.1 Å². The maximum absolute atomic E-state index is 12.0. The van der Waals surface area contributed by atoms with Crippen molar-refractivity contribution in [3.8, 4) is 0 Å². The van der Waals surface area contributed by atoms with Gasteiger partial charge in [-0.2, -0.15) is 9.97 Å². The Balaban J connectivity index is 1.61. The highest BCUT2D eigenvalue weighted by molar-refractivity contribution is 6.30. The Kier molecular flexibility index (Phi) is 6.29. The summed E-state index contributed by atoms with van der Waals surface area (Å²) in [6.45, 7) is 0.453. The Labute approximate surface area is 188 Å². The Morgan fingerprint density at radius 1 is 1.23 bits per heavy atom. The number of halogens is 2. The lowest BCUT2D eigenvalue weighted by molar-refractivity contribution is -0.137. The van der Waals surface area contributed by atoms with Crippen molar-refractivity contribution in [3.05, 3.63) is 46.5 Å². The second kappa shape index (κ2) is 8.96. The van der Waals surface area contributed by atoms with Gasteiger partial charge in [-0.15, -0.1) is 0 Å². The van der Waals surface area contributed by atoms with Gasteiger partial charge in [0, 0.05) is 18.6 Å². The average molecular weight is 465 g/mol. The van der Waals surface area contributed by atoms with Crippen molar-refractivity contribution in [2.45, 2.75) is 37.6 Å². The first kappa shape index (κ1) is 21.8. The van der Waals surface area contributed by atoms with Gasteiger partial charge in [-0.3, -0.25) is 4.79 Å². The minimum atomic E-state index is -1.20. The SMILES string of the molecule is CNC(=O)C1CCC(n2cnc3c(NCc4cccc(Cl)c4)nc(Cl)nc32)C(O)C1O. The van der Waals surface area contributed by atoms with E-state index < -0.39 is 24.2 Å². The number of nitrogens with one attached hydrogen (secondary N) is 2. The van der Waals surface area contributed by atoms with Crippen molar-refractivity contribution >= 4 is 46.1 Å². The number of imidazole rings is 1. The first-order chi connectivity index (χ1) is 14.9. The van der Waals surface area contributed by atoms with Crippen molar-refractivity contribution in [2.75, 3.05) is 12.4 Å². The molecule has 1 fully saturated rings. The van der Waals surface area contributed by atoms with E-state index in [0.29, 0.717) is 41.4 Å². The number of anilines is 1. The van der Waals surface area contributed by atoms with Gasteiger partial charge >= 0.3 is 0 Å². The van der Waals surface area contributed by atoms with Gasteiger partial charge in [0.2, 0.25) is 11.2 Å². The summed E-state index contributed by atoms with van der Waals surface area (Å²) in [6.07, 6.45) is 0.0652. The number of amides is 1. The van der Waals surface area contributed by atoms with Crippen LogP contribution in [0.25, 0.3) is 11.2 Å². The number of benzene rings is 1. The van der Waals surface area contributed by atoms with Crippen LogP contribution >= 0.6 is 23.2 Å².